The van der Waals surface area contributed by atoms with Crippen LogP contribution in [0.25, 0.3) is 116 Å². The van der Waals surface area contributed by atoms with Gasteiger partial charge in [-0.2, -0.15) is 9.97 Å². The molecule has 4 heteroatoms. The number of hydrogen-bond donors (Lipinski definition) is 0. The topological polar surface area (TPSA) is 43.6 Å². The van der Waals surface area contributed by atoms with Gasteiger partial charge in [-0.15, -0.1) is 0 Å². The fourth-order valence-corrected chi connectivity index (χ4v) is 10.5. The zero-order valence-electron chi connectivity index (χ0n) is 35.4. The molecule has 0 fully saturated rings. The number of rotatable bonds is 5. The van der Waals surface area contributed by atoms with Crippen molar-refractivity contribution < 1.29 is 0 Å². The summed E-state index contributed by atoms with van der Waals surface area (Å²) < 4.78 is 2.29. The first-order valence-electron chi connectivity index (χ1n) is 22.0. The highest BCUT2D eigenvalue weighted by Gasteiger charge is 2.36. The van der Waals surface area contributed by atoms with Gasteiger partial charge >= 0.3 is 0 Å². The van der Waals surface area contributed by atoms with Crippen LogP contribution in [0.4, 0.5) is 0 Å². The zero-order valence-corrected chi connectivity index (χ0v) is 35.4. The molecular formula is C60H40N4. The Balaban J connectivity index is 1.09. The maximum atomic E-state index is 5.44. The maximum Gasteiger partial charge on any atom is 0.238 e. The molecule has 13 rings (SSSR count). The SMILES string of the molecule is CC1(C)c2ccc(-c3cccc4c5c6ccccc6ccc5n(-c5nc(-c6ccc(-c7ccccc7)cc6)nc(-c6ccc7ccccc7c6)n5)c34)cc2-c2c1ccc1ccccc21. The first kappa shape index (κ1) is 36.4. The van der Waals surface area contributed by atoms with Gasteiger partial charge in [0.05, 0.1) is 11.0 Å². The predicted molar refractivity (Wildman–Crippen MR) is 266 cm³/mol. The monoisotopic (exact) mass is 816 g/mol. The average molecular weight is 817 g/mol. The molecule has 0 radical (unpaired) electrons. The van der Waals surface area contributed by atoms with Gasteiger partial charge in [-0.05, 0) is 89.5 Å². The van der Waals surface area contributed by atoms with Crippen molar-refractivity contribution in [1.29, 1.82) is 0 Å². The Hall–Kier alpha value is -8.21. The first-order chi connectivity index (χ1) is 31.5. The Labute approximate surface area is 370 Å². The second kappa shape index (κ2) is 13.9. The number of fused-ring (bicyclic) bond motifs is 11. The summed E-state index contributed by atoms with van der Waals surface area (Å²) in [5, 5.41) is 9.56. The van der Waals surface area contributed by atoms with E-state index in [1.165, 1.54) is 60.1 Å². The van der Waals surface area contributed by atoms with E-state index in [0.717, 1.165) is 49.6 Å². The molecule has 0 bridgehead atoms. The average Bonchev–Trinajstić information content (AvgIpc) is 3.82. The summed E-state index contributed by atoms with van der Waals surface area (Å²) in [4.78, 5) is 16.1. The van der Waals surface area contributed by atoms with Crippen molar-refractivity contribution in [2.24, 2.45) is 0 Å². The fourth-order valence-electron chi connectivity index (χ4n) is 10.5. The smallest absolute Gasteiger partial charge is 0.238 e. The van der Waals surface area contributed by atoms with E-state index in [9.17, 15) is 0 Å². The molecule has 300 valence electrons. The van der Waals surface area contributed by atoms with Crippen molar-refractivity contribution in [3.63, 3.8) is 0 Å². The molecule has 0 saturated carbocycles. The lowest BCUT2D eigenvalue weighted by atomic mass is 9.82. The highest BCUT2D eigenvalue weighted by Crippen LogP contribution is 2.53. The minimum absolute atomic E-state index is 0.132. The lowest BCUT2D eigenvalue weighted by Gasteiger charge is -2.21. The van der Waals surface area contributed by atoms with Gasteiger partial charge in [-0.1, -0.05) is 202 Å². The van der Waals surface area contributed by atoms with Crippen LogP contribution in [0.15, 0.2) is 206 Å². The van der Waals surface area contributed by atoms with Crippen molar-refractivity contribution in [3.8, 4) is 62.1 Å². The summed E-state index contributed by atoms with van der Waals surface area (Å²) in [5.41, 5.74) is 13.7. The third-order valence-corrected chi connectivity index (χ3v) is 13.6. The Morgan fingerprint density at radius 2 is 0.953 bits per heavy atom. The highest BCUT2D eigenvalue weighted by atomic mass is 15.2. The summed E-state index contributed by atoms with van der Waals surface area (Å²) in [6.07, 6.45) is 0. The van der Waals surface area contributed by atoms with Crippen LogP contribution in [-0.2, 0) is 5.41 Å². The lowest BCUT2D eigenvalue weighted by Crippen LogP contribution is -2.14. The quantitative estimate of drug-likeness (QED) is 0.174. The van der Waals surface area contributed by atoms with Crippen LogP contribution < -0.4 is 0 Å². The Bertz CT molecular complexity index is 3860. The molecule has 0 N–H and O–H groups in total. The van der Waals surface area contributed by atoms with E-state index in [1.54, 1.807) is 0 Å². The van der Waals surface area contributed by atoms with Gasteiger partial charge in [0.15, 0.2) is 11.6 Å². The van der Waals surface area contributed by atoms with Gasteiger partial charge in [0.2, 0.25) is 5.95 Å². The third-order valence-electron chi connectivity index (χ3n) is 13.6. The third kappa shape index (κ3) is 5.52. The molecule has 1 aliphatic carbocycles. The summed E-state index contributed by atoms with van der Waals surface area (Å²) >= 11 is 0. The van der Waals surface area contributed by atoms with Crippen LogP contribution in [0.3, 0.4) is 0 Å². The van der Waals surface area contributed by atoms with Crippen molar-refractivity contribution in [1.82, 2.24) is 19.5 Å². The van der Waals surface area contributed by atoms with Crippen molar-refractivity contribution in [3.05, 3.63) is 217 Å². The summed E-state index contributed by atoms with van der Waals surface area (Å²) in [6.45, 7) is 4.72. The number of benzene rings is 10. The van der Waals surface area contributed by atoms with Gasteiger partial charge in [-0.25, -0.2) is 4.98 Å². The van der Waals surface area contributed by atoms with Gasteiger partial charge in [0.1, 0.15) is 0 Å². The molecule has 0 atom stereocenters. The largest absolute Gasteiger partial charge is 0.277 e. The predicted octanol–water partition coefficient (Wildman–Crippen LogP) is 15.4. The Kier molecular flexibility index (Phi) is 7.92. The van der Waals surface area contributed by atoms with Crippen molar-refractivity contribution in [2.75, 3.05) is 0 Å². The standard InChI is InChI=1S/C60H40N4/c1-60(2)51-32-30-44(36-50(51)54-46-19-10-8-16-40(46)29-33-52(54)60)48-21-12-22-49-55-47-20-11-9-17-41(47)31-34-53(55)64(56(48)49)59-62-57(42-26-23-39(24-27-42)37-13-4-3-5-14-37)61-58(63-59)45-28-25-38-15-6-7-18-43(38)35-45/h3-36H,1-2H3. The van der Waals surface area contributed by atoms with E-state index in [2.05, 4.69) is 219 Å². The Morgan fingerprint density at radius 1 is 0.375 bits per heavy atom. The molecule has 0 aliphatic heterocycles. The van der Waals surface area contributed by atoms with Crippen LogP contribution in [0, 0.1) is 0 Å². The van der Waals surface area contributed by atoms with Crippen LogP contribution in [0.1, 0.15) is 25.0 Å². The Morgan fingerprint density at radius 3 is 1.77 bits per heavy atom. The molecule has 2 aromatic heterocycles. The van der Waals surface area contributed by atoms with Crippen LogP contribution in [-0.4, -0.2) is 19.5 Å². The minimum Gasteiger partial charge on any atom is -0.277 e. The van der Waals surface area contributed by atoms with Crippen LogP contribution in [0.2, 0.25) is 0 Å². The molecule has 0 saturated heterocycles. The molecule has 64 heavy (non-hydrogen) atoms. The molecule has 10 aromatic carbocycles. The van der Waals surface area contributed by atoms with Crippen molar-refractivity contribution >= 4 is 54.1 Å². The molecule has 1 aliphatic rings. The number of aromatic nitrogens is 4. The van der Waals surface area contributed by atoms with E-state index in [1.807, 2.05) is 6.07 Å². The molecule has 2 heterocycles. The second-order valence-corrected chi connectivity index (χ2v) is 17.6. The lowest BCUT2D eigenvalue weighted by molar-refractivity contribution is 0.661. The van der Waals surface area contributed by atoms with E-state index in [4.69, 9.17) is 15.0 Å². The van der Waals surface area contributed by atoms with Crippen LogP contribution >= 0.6 is 0 Å². The van der Waals surface area contributed by atoms with Crippen LogP contribution in [0.5, 0.6) is 0 Å². The number of para-hydroxylation sites is 1. The second-order valence-electron chi connectivity index (χ2n) is 17.6. The summed E-state index contributed by atoms with van der Waals surface area (Å²) in [5.74, 6) is 1.81. The molecule has 0 unspecified atom stereocenters. The number of hydrogen-bond acceptors (Lipinski definition) is 3. The van der Waals surface area contributed by atoms with Gasteiger partial charge in [-0.3, -0.25) is 4.57 Å². The zero-order chi connectivity index (χ0) is 42.5. The molecule has 0 spiro atoms. The van der Waals surface area contributed by atoms with E-state index in [-0.39, 0.29) is 5.41 Å². The van der Waals surface area contributed by atoms with Gasteiger partial charge in [0, 0.05) is 32.9 Å². The van der Waals surface area contributed by atoms with Gasteiger partial charge in [0.25, 0.3) is 0 Å². The van der Waals surface area contributed by atoms with E-state index in [0.29, 0.717) is 17.6 Å². The summed E-state index contributed by atoms with van der Waals surface area (Å²) in [6, 6.07) is 74.4. The van der Waals surface area contributed by atoms with E-state index < -0.39 is 0 Å². The highest BCUT2D eigenvalue weighted by molar-refractivity contribution is 6.23. The maximum absolute atomic E-state index is 5.44. The fraction of sp³-hybridized carbons (Fsp3) is 0.0500. The molecule has 0 amide bonds. The van der Waals surface area contributed by atoms with Crippen molar-refractivity contribution in [2.45, 2.75) is 19.3 Å². The van der Waals surface area contributed by atoms with E-state index >= 15 is 0 Å². The van der Waals surface area contributed by atoms with Gasteiger partial charge < -0.3 is 0 Å². The summed E-state index contributed by atoms with van der Waals surface area (Å²) in [7, 11) is 0. The molecule has 4 nitrogen and oxygen atoms in total. The molecule has 12 aromatic rings. The normalized spacial score (nSPS) is 13.0. The minimum atomic E-state index is -0.132. The first-order valence-corrected chi connectivity index (χ1v) is 22.0. The molecular weight excluding hydrogens is 777 g/mol. The number of nitrogens with zero attached hydrogens (tertiary/aromatic N) is 4.